The molecule has 1 rings (SSSR count). The zero-order valence-electron chi connectivity index (χ0n) is 11.0. The third-order valence-electron chi connectivity index (χ3n) is 3.07. The Morgan fingerprint density at radius 2 is 1.08 bits per heavy atom. The average Bonchev–Trinajstić information content (AvgIpc) is 2.33. The summed E-state index contributed by atoms with van der Waals surface area (Å²) in [6, 6.07) is 0. The molecule has 1 heterocycles. The molecule has 1 saturated heterocycles. The molecule has 1 unspecified atom stereocenters. The van der Waals surface area contributed by atoms with E-state index in [1.807, 2.05) is 0 Å². The number of rotatable bonds is 5. The van der Waals surface area contributed by atoms with Crippen molar-refractivity contribution in [2.45, 2.75) is 47.6 Å². The molecule has 1 fully saturated rings. The minimum Gasteiger partial charge on any atom is -0.206 e. The molecular formula is C8H3F13O3S. The van der Waals surface area contributed by atoms with Crippen LogP contribution < -0.4 is 0 Å². The highest BCUT2D eigenvalue weighted by atomic mass is 32.2. The molecule has 0 aromatic carbocycles. The van der Waals surface area contributed by atoms with Crippen molar-refractivity contribution in [3.8, 4) is 0 Å². The van der Waals surface area contributed by atoms with Crippen LogP contribution in [0.1, 0.15) is 6.92 Å². The monoisotopic (exact) mass is 426 g/mol. The largest absolute Gasteiger partial charge is 0.427 e. The Hall–Kier alpha value is -1.00. The summed E-state index contributed by atoms with van der Waals surface area (Å²) in [4.78, 5) is 0. The van der Waals surface area contributed by atoms with Crippen molar-refractivity contribution >= 4 is 10.1 Å². The van der Waals surface area contributed by atoms with Crippen molar-refractivity contribution < 1.29 is 69.7 Å². The molecular weight excluding hydrogens is 423 g/mol. The summed E-state index contributed by atoms with van der Waals surface area (Å²) in [6.07, 6.45) is -6.38. The first-order valence-corrected chi connectivity index (χ1v) is 6.77. The summed E-state index contributed by atoms with van der Waals surface area (Å²) in [6.45, 7) is -1.11. The lowest BCUT2D eigenvalue weighted by Crippen LogP contribution is -2.80. The SMILES string of the molecule is CC(F)(F)C(F)(F)C(F)(F)C(F)(F)C(F)(F)C1(F)C(F)(F)OS1(=O)=O. The van der Waals surface area contributed by atoms with Crippen LogP contribution in [-0.2, 0) is 14.3 Å². The van der Waals surface area contributed by atoms with E-state index >= 15 is 0 Å². The van der Waals surface area contributed by atoms with E-state index in [-0.39, 0.29) is 0 Å². The van der Waals surface area contributed by atoms with Crippen LogP contribution in [0.2, 0.25) is 0 Å². The van der Waals surface area contributed by atoms with Crippen LogP contribution in [-0.4, -0.2) is 49.1 Å². The van der Waals surface area contributed by atoms with Gasteiger partial charge in [-0.15, -0.1) is 0 Å². The molecule has 25 heavy (non-hydrogen) atoms. The molecule has 1 atom stereocenters. The van der Waals surface area contributed by atoms with Crippen molar-refractivity contribution in [2.75, 3.05) is 0 Å². The Bertz CT molecular complexity index is 663. The van der Waals surface area contributed by atoms with E-state index in [4.69, 9.17) is 0 Å². The minimum absolute atomic E-state index is 1.11. The zero-order valence-corrected chi connectivity index (χ0v) is 11.9. The van der Waals surface area contributed by atoms with Crippen LogP contribution >= 0.6 is 0 Å². The summed E-state index contributed by atoms with van der Waals surface area (Å²) < 4.78 is 192. The summed E-state index contributed by atoms with van der Waals surface area (Å²) in [7, 11) is -7.02. The Morgan fingerprint density at radius 1 is 0.720 bits per heavy atom. The van der Waals surface area contributed by atoms with E-state index in [1.54, 1.807) is 0 Å². The van der Waals surface area contributed by atoms with E-state index < -0.39 is 57.8 Å². The molecule has 0 aliphatic carbocycles. The number of hydrogen-bond donors (Lipinski definition) is 0. The van der Waals surface area contributed by atoms with Gasteiger partial charge in [0.25, 0.3) is 0 Å². The lowest BCUT2D eigenvalue weighted by Gasteiger charge is -2.47. The van der Waals surface area contributed by atoms with Crippen LogP contribution in [0.3, 0.4) is 0 Å². The molecule has 1 aliphatic heterocycles. The van der Waals surface area contributed by atoms with Gasteiger partial charge in [-0.25, -0.2) is 4.39 Å². The fraction of sp³-hybridized carbons (Fsp3) is 1.00. The predicted octanol–water partition coefficient (Wildman–Crippen LogP) is 3.80. The van der Waals surface area contributed by atoms with Gasteiger partial charge in [0, 0.05) is 6.92 Å². The van der Waals surface area contributed by atoms with Crippen molar-refractivity contribution in [2.24, 2.45) is 0 Å². The van der Waals surface area contributed by atoms with Gasteiger partial charge >= 0.3 is 50.8 Å². The maximum atomic E-state index is 13.5. The van der Waals surface area contributed by atoms with Crippen LogP contribution in [0, 0.1) is 0 Å². The van der Waals surface area contributed by atoms with Crippen molar-refractivity contribution in [1.82, 2.24) is 0 Å². The first-order chi connectivity index (χ1) is 10.5. The molecule has 1 aliphatic rings. The highest BCUT2D eigenvalue weighted by molar-refractivity contribution is 7.89. The molecule has 0 saturated carbocycles. The van der Waals surface area contributed by atoms with E-state index in [0.717, 1.165) is 0 Å². The maximum absolute atomic E-state index is 13.5. The third-order valence-corrected chi connectivity index (χ3v) is 4.68. The maximum Gasteiger partial charge on any atom is 0.427 e. The number of halogens is 13. The van der Waals surface area contributed by atoms with Crippen molar-refractivity contribution in [3.05, 3.63) is 0 Å². The second-order valence-electron chi connectivity index (χ2n) is 4.84. The molecule has 0 N–H and O–H groups in total. The van der Waals surface area contributed by atoms with Gasteiger partial charge in [-0.1, -0.05) is 0 Å². The summed E-state index contributed by atoms with van der Waals surface area (Å²) in [5.74, 6) is -37.2. The molecule has 0 bridgehead atoms. The van der Waals surface area contributed by atoms with Gasteiger partial charge in [0.15, 0.2) is 0 Å². The van der Waals surface area contributed by atoms with Gasteiger partial charge in [-0.2, -0.15) is 65.3 Å². The molecule has 150 valence electrons. The molecule has 0 aromatic rings. The lowest BCUT2D eigenvalue weighted by molar-refractivity contribution is -0.433. The number of hydrogen-bond acceptors (Lipinski definition) is 3. The van der Waals surface area contributed by atoms with E-state index in [0.29, 0.717) is 0 Å². The molecule has 0 spiro atoms. The van der Waals surface area contributed by atoms with Gasteiger partial charge < -0.3 is 0 Å². The fourth-order valence-corrected chi connectivity index (χ4v) is 2.73. The highest BCUT2D eigenvalue weighted by Crippen LogP contribution is 2.66. The Labute approximate surface area is 128 Å². The van der Waals surface area contributed by atoms with Crippen LogP contribution in [0.25, 0.3) is 0 Å². The quantitative estimate of drug-likeness (QED) is 0.497. The van der Waals surface area contributed by atoms with Crippen LogP contribution in [0.5, 0.6) is 0 Å². The smallest absolute Gasteiger partial charge is 0.206 e. The average molecular weight is 426 g/mol. The predicted molar refractivity (Wildman–Crippen MR) is 49.2 cm³/mol. The van der Waals surface area contributed by atoms with Crippen LogP contribution in [0.4, 0.5) is 57.1 Å². The Balaban J connectivity index is 3.67. The highest BCUT2D eigenvalue weighted by Gasteiger charge is 2.99. The Kier molecular flexibility index (Phi) is 4.26. The summed E-state index contributed by atoms with van der Waals surface area (Å²) in [5, 5.41) is -6.93. The summed E-state index contributed by atoms with van der Waals surface area (Å²) in [5.41, 5.74) is 0. The molecule has 17 heteroatoms. The molecule has 3 nitrogen and oxygen atoms in total. The zero-order chi connectivity index (χ0) is 20.7. The van der Waals surface area contributed by atoms with E-state index in [2.05, 4.69) is 4.18 Å². The van der Waals surface area contributed by atoms with Gasteiger partial charge in [0.05, 0.1) is 0 Å². The van der Waals surface area contributed by atoms with Gasteiger partial charge in [0.1, 0.15) is 0 Å². The Morgan fingerprint density at radius 3 is 1.32 bits per heavy atom. The minimum atomic E-state index is -8.03. The van der Waals surface area contributed by atoms with Crippen molar-refractivity contribution in [3.63, 3.8) is 0 Å². The topological polar surface area (TPSA) is 43.4 Å². The van der Waals surface area contributed by atoms with Gasteiger partial charge in [0.2, 0.25) is 0 Å². The van der Waals surface area contributed by atoms with Gasteiger partial charge in [-0.05, 0) is 0 Å². The van der Waals surface area contributed by atoms with Crippen LogP contribution in [0.15, 0.2) is 0 Å². The second kappa shape index (κ2) is 4.83. The van der Waals surface area contributed by atoms with E-state index in [9.17, 15) is 65.5 Å². The second-order valence-corrected chi connectivity index (χ2v) is 6.47. The normalized spacial score (nSPS) is 27.8. The first kappa shape index (κ1) is 22.0. The summed E-state index contributed by atoms with van der Waals surface area (Å²) >= 11 is 0. The van der Waals surface area contributed by atoms with Crippen molar-refractivity contribution in [1.29, 1.82) is 0 Å². The third kappa shape index (κ3) is 2.19. The number of alkyl halides is 13. The van der Waals surface area contributed by atoms with Gasteiger partial charge in [-0.3, -0.25) is 0 Å². The standard InChI is InChI=1S/C8H3F13O3S/c1-2(9,10)3(11,12)4(13,14)5(15,16)6(17,18)7(19)8(20,21)24-25(7,22)23/h1H3. The molecule has 0 aromatic heterocycles. The first-order valence-electron chi connectivity index (χ1n) is 5.37. The molecule has 0 radical (unpaired) electrons. The lowest BCUT2D eigenvalue weighted by atomic mass is 9.92. The fourth-order valence-electron chi connectivity index (χ4n) is 1.57. The molecule has 0 amide bonds. The van der Waals surface area contributed by atoms with E-state index in [1.165, 1.54) is 0 Å².